The van der Waals surface area contributed by atoms with Crippen LogP contribution in [-0.2, 0) is 29.2 Å². The third-order valence-corrected chi connectivity index (χ3v) is 6.54. The van der Waals surface area contributed by atoms with E-state index in [0.29, 0.717) is 11.3 Å². The van der Waals surface area contributed by atoms with Gasteiger partial charge in [0.2, 0.25) is 11.8 Å². The number of carbonyl (C=O) groups excluding carboxylic acids is 2. The molecule has 2 aromatic carbocycles. The lowest BCUT2D eigenvalue weighted by Crippen LogP contribution is -2.44. The summed E-state index contributed by atoms with van der Waals surface area (Å²) in [4.78, 5) is 29.7. The summed E-state index contributed by atoms with van der Waals surface area (Å²) in [7, 11) is 0. The van der Waals surface area contributed by atoms with Gasteiger partial charge in [-0.15, -0.1) is 16.4 Å². The van der Waals surface area contributed by atoms with Crippen LogP contribution in [0.2, 0.25) is 0 Å². The molecule has 0 saturated heterocycles. The van der Waals surface area contributed by atoms with Crippen molar-refractivity contribution in [2.45, 2.75) is 25.7 Å². The number of fused-ring (bicyclic) bond motifs is 1. The molecule has 0 fully saturated rings. The highest BCUT2D eigenvalue weighted by molar-refractivity contribution is 7.10. The maximum absolute atomic E-state index is 13.8. The van der Waals surface area contributed by atoms with Crippen molar-refractivity contribution in [3.63, 3.8) is 0 Å². The van der Waals surface area contributed by atoms with Crippen molar-refractivity contribution < 1.29 is 14.0 Å². The Hall–Kier alpha value is -4.24. The first-order valence-corrected chi connectivity index (χ1v) is 12.0. The number of thiophene rings is 1. The van der Waals surface area contributed by atoms with Crippen molar-refractivity contribution in [1.82, 2.24) is 25.2 Å². The average molecular weight is 486 g/mol. The molecule has 3 aromatic heterocycles. The average Bonchev–Trinajstić information content (AvgIpc) is 3.66. The van der Waals surface area contributed by atoms with E-state index in [-0.39, 0.29) is 31.4 Å². The molecule has 0 unspecified atom stereocenters. The minimum Gasteiger partial charge on any atom is -0.467 e. The number of nitrogens with zero attached hydrogens (tertiary/aromatic N) is 4. The molecule has 0 radical (unpaired) electrons. The summed E-state index contributed by atoms with van der Waals surface area (Å²) in [6, 6.07) is 23.6. The number of nitrogens with one attached hydrogen (secondary N) is 1. The Kier molecular flexibility index (Phi) is 6.67. The van der Waals surface area contributed by atoms with Crippen LogP contribution in [-0.4, -0.2) is 31.7 Å². The van der Waals surface area contributed by atoms with Crippen molar-refractivity contribution in [3.05, 3.63) is 107 Å². The SMILES string of the molecule is O=C(NCc1ccco1)[C@@H](c1cccs1)N(Cc1ccccc1)C(=O)Cn1nnc2ccccc21. The van der Waals surface area contributed by atoms with Gasteiger partial charge in [0.15, 0.2) is 0 Å². The Morgan fingerprint density at radius 1 is 1.00 bits per heavy atom. The van der Waals surface area contributed by atoms with Gasteiger partial charge in [-0.1, -0.05) is 53.7 Å². The largest absolute Gasteiger partial charge is 0.467 e. The molecule has 0 saturated carbocycles. The van der Waals surface area contributed by atoms with Crippen molar-refractivity contribution in [2.24, 2.45) is 0 Å². The third kappa shape index (κ3) is 5.15. The summed E-state index contributed by atoms with van der Waals surface area (Å²) in [5, 5.41) is 13.2. The minimum absolute atomic E-state index is 0.0410. The molecule has 9 heteroatoms. The molecule has 3 heterocycles. The van der Waals surface area contributed by atoms with Gasteiger partial charge in [-0.2, -0.15) is 0 Å². The zero-order valence-corrected chi connectivity index (χ0v) is 19.6. The molecule has 0 aliphatic carbocycles. The fourth-order valence-corrected chi connectivity index (χ4v) is 4.75. The first-order valence-electron chi connectivity index (χ1n) is 11.1. The second kappa shape index (κ2) is 10.4. The first-order chi connectivity index (χ1) is 17.2. The molecule has 5 aromatic rings. The van der Waals surface area contributed by atoms with Crippen LogP contribution in [0.4, 0.5) is 0 Å². The highest BCUT2D eigenvalue weighted by Gasteiger charge is 2.33. The van der Waals surface area contributed by atoms with Gasteiger partial charge < -0.3 is 14.6 Å². The zero-order valence-electron chi connectivity index (χ0n) is 18.8. The van der Waals surface area contributed by atoms with Gasteiger partial charge in [-0.05, 0) is 41.3 Å². The summed E-state index contributed by atoms with van der Waals surface area (Å²) in [5.41, 5.74) is 2.39. The van der Waals surface area contributed by atoms with Crippen LogP contribution in [0.25, 0.3) is 11.0 Å². The van der Waals surface area contributed by atoms with Crippen LogP contribution in [0.3, 0.4) is 0 Å². The minimum atomic E-state index is -0.813. The monoisotopic (exact) mass is 485 g/mol. The Labute approximate surface area is 205 Å². The number of carbonyl (C=O) groups is 2. The first kappa shape index (κ1) is 22.5. The zero-order chi connectivity index (χ0) is 24.0. The normalized spacial score (nSPS) is 11.9. The van der Waals surface area contributed by atoms with E-state index in [9.17, 15) is 9.59 Å². The fourth-order valence-electron chi connectivity index (χ4n) is 3.91. The number of para-hydroxylation sites is 1. The molecule has 5 rings (SSSR count). The van der Waals surface area contributed by atoms with E-state index in [1.54, 1.807) is 28.0 Å². The Morgan fingerprint density at radius 2 is 1.83 bits per heavy atom. The van der Waals surface area contributed by atoms with Crippen LogP contribution < -0.4 is 5.32 Å². The van der Waals surface area contributed by atoms with Gasteiger partial charge in [0.1, 0.15) is 23.9 Å². The number of rotatable bonds is 9. The second-order valence-electron chi connectivity index (χ2n) is 7.96. The summed E-state index contributed by atoms with van der Waals surface area (Å²) in [6.45, 7) is 0.457. The molecular weight excluding hydrogens is 462 g/mol. The van der Waals surface area contributed by atoms with E-state index in [1.807, 2.05) is 72.1 Å². The van der Waals surface area contributed by atoms with E-state index in [1.165, 1.54) is 11.3 Å². The van der Waals surface area contributed by atoms with E-state index in [0.717, 1.165) is 16.0 Å². The predicted molar refractivity (Wildman–Crippen MR) is 132 cm³/mol. The highest BCUT2D eigenvalue weighted by atomic mass is 32.1. The molecule has 176 valence electrons. The fraction of sp³-hybridized carbons (Fsp3) is 0.154. The molecule has 2 amide bonds. The van der Waals surface area contributed by atoms with E-state index >= 15 is 0 Å². The van der Waals surface area contributed by atoms with Crippen LogP contribution in [0.5, 0.6) is 0 Å². The Balaban J connectivity index is 1.47. The van der Waals surface area contributed by atoms with Gasteiger partial charge in [0.05, 0.1) is 18.3 Å². The van der Waals surface area contributed by atoms with Gasteiger partial charge >= 0.3 is 0 Å². The quantitative estimate of drug-likeness (QED) is 0.338. The Morgan fingerprint density at radius 3 is 2.60 bits per heavy atom. The molecule has 35 heavy (non-hydrogen) atoms. The number of furan rings is 1. The van der Waals surface area contributed by atoms with E-state index < -0.39 is 6.04 Å². The van der Waals surface area contributed by atoms with E-state index in [2.05, 4.69) is 15.6 Å². The van der Waals surface area contributed by atoms with Crippen molar-refractivity contribution in [2.75, 3.05) is 0 Å². The van der Waals surface area contributed by atoms with Gasteiger partial charge in [0, 0.05) is 11.4 Å². The van der Waals surface area contributed by atoms with Crippen LogP contribution in [0, 0.1) is 0 Å². The third-order valence-electron chi connectivity index (χ3n) is 5.61. The molecule has 1 atom stereocenters. The number of amides is 2. The maximum atomic E-state index is 13.8. The lowest BCUT2D eigenvalue weighted by Gasteiger charge is -2.30. The smallest absolute Gasteiger partial charge is 0.248 e. The molecule has 1 N–H and O–H groups in total. The molecule has 0 aliphatic rings. The topological polar surface area (TPSA) is 93.3 Å². The Bertz CT molecular complexity index is 1400. The lowest BCUT2D eigenvalue weighted by molar-refractivity contribution is -0.142. The second-order valence-corrected chi connectivity index (χ2v) is 8.94. The van der Waals surface area contributed by atoms with Crippen LogP contribution >= 0.6 is 11.3 Å². The summed E-state index contributed by atoms with van der Waals surface area (Å²) in [6.07, 6.45) is 1.56. The van der Waals surface area contributed by atoms with E-state index in [4.69, 9.17) is 4.42 Å². The van der Waals surface area contributed by atoms with Gasteiger partial charge in [-0.25, -0.2) is 4.68 Å². The van der Waals surface area contributed by atoms with Crippen molar-refractivity contribution in [1.29, 1.82) is 0 Å². The lowest BCUT2D eigenvalue weighted by atomic mass is 10.1. The molecule has 0 bridgehead atoms. The summed E-state index contributed by atoms with van der Waals surface area (Å²) in [5.74, 6) is 0.117. The van der Waals surface area contributed by atoms with Crippen molar-refractivity contribution in [3.8, 4) is 0 Å². The van der Waals surface area contributed by atoms with Gasteiger partial charge in [0.25, 0.3) is 0 Å². The highest BCUT2D eigenvalue weighted by Crippen LogP contribution is 2.28. The summed E-state index contributed by atoms with van der Waals surface area (Å²) < 4.78 is 6.93. The number of benzene rings is 2. The molecule has 0 spiro atoms. The molecule has 8 nitrogen and oxygen atoms in total. The molecular formula is C26H23N5O3S. The maximum Gasteiger partial charge on any atom is 0.248 e. The predicted octanol–water partition coefficient (Wildman–Crippen LogP) is 4.17. The standard InChI is InChI=1S/C26H23N5O3S/c32-24(18-31-22-12-5-4-11-21(22)28-29-31)30(17-19-8-2-1-3-9-19)25(23-13-7-15-35-23)26(33)27-16-20-10-6-14-34-20/h1-15,25H,16-18H2,(H,27,33)/t25-/m1/s1. The number of hydrogen-bond donors (Lipinski definition) is 1. The van der Waals surface area contributed by atoms with Crippen LogP contribution in [0.15, 0.2) is 94.9 Å². The summed E-state index contributed by atoms with van der Waals surface area (Å²) >= 11 is 1.44. The van der Waals surface area contributed by atoms with Crippen molar-refractivity contribution >= 4 is 34.2 Å². The number of hydrogen-bond acceptors (Lipinski definition) is 6. The number of aromatic nitrogens is 3. The molecule has 0 aliphatic heterocycles. The van der Waals surface area contributed by atoms with Gasteiger partial charge in [-0.3, -0.25) is 9.59 Å². The van der Waals surface area contributed by atoms with Crippen LogP contribution in [0.1, 0.15) is 22.2 Å².